The van der Waals surface area contributed by atoms with Crippen molar-refractivity contribution in [2.45, 2.75) is 43.2 Å². The van der Waals surface area contributed by atoms with Gasteiger partial charge in [-0.05, 0) is 43.9 Å². The molecular weight excluding hydrogens is 266 g/mol. The van der Waals surface area contributed by atoms with E-state index in [1.165, 1.54) is 23.3 Å². The van der Waals surface area contributed by atoms with E-state index in [9.17, 15) is 0 Å². The first-order chi connectivity index (χ1) is 8.65. The van der Waals surface area contributed by atoms with Crippen molar-refractivity contribution in [3.63, 3.8) is 0 Å². The van der Waals surface area contributed by atoms with Gasteiger partial charge in [-0.2, -0.15) is 0 Å². The Hall–Kier alpha value is -0.220. The van der Waals surface area contributed by atoms with Crippen molar-refractivity contribution in [2.75, 3.05) is 12.4 Å². The summed E-state index contributed by atoms with van der Waals surface area (Å²) in [6, 6.07) is 6.24. The molecule has 0 bridgehead atoms. The Labute approximate surface area is 118 Å². The molecule has 1 fully saturated rings. The van der Waals surface area contributed by atoms with Gasteiger partial charge in [0, 0.05) is 28.3 Å². The van der Waals surface area contributed by atoms with Gasteiger partial charge in [0.2, 0.25) is 0 Å². The Balaban J connectivity index is 2.01. The fraction of sp³-hybridized carbons (Fsp3) is 0.571. The standard InChI is InChI=1S/C14H20ClNOS/c1-10(16)7-11-4-5-12(15)8-14(11)18-9-13-3-2-6-17-13/h4-5,8,10,13H,2-3,6-7,9,16H2,1H3. The first-order valence-electron chi connectivity index (χ1n) is 6.43. The minimum atomic E-state index is 0.174. The second-order valence-corrected chi connectivity index (χ2v) is 6.38. The van der Waals surface area contributed by atoms with Gasteiger partial charge in [0.05, 0.1) is 6.10 Å². The summed E-state index contributed by atoms with van der Waals surface area (Å²) in [5, 5.41) is 0.790. The van der Waals surface area contributed by atoms with E-state index >= 15 is 0 Å². The lowest BCUT2D eigenvalue weighted by Crippen LogP contribution is -2.18. The monoisotopic (exact) mass is 285 g/mol. The fourth-order valence-corrected chi connectivity index (χ4v) is 3.55. The molecule has 0 aromatic heterocycles. The lowest BCUT2D eigenvalue weighted by molar-refractivity contribution is 0.129. The number of halogens is 1. The van der Waals surface area contributed by atoms with Crippen LogP contribution < -0.4 is 5.73 Å². The molecule has 0 amide bonds. The maximum absolute atomic E-state index is 6.07. The van der Waals surface area contributed by atoms with Crippen molar-refractivity contribution >= 4 is 23.4 Å². The van der Waals surface area contributed by atoms with Crippen molar-refractivity contribution in [1.82, 2.24) is 0 Å². The van der Waals surface area contributed by atoms with Crippen LogP contribution in [0.1, 0.15) is 25.3 Å². The van der Waals surface area contributed by atoms with Gasteiger partial charge in [-0.1, -0.05) is 17.7 Å². The summed E-state index contributed by atoms with van der Waals surface area (Å²) >= 11 is 7.91. The summed E-state index contributed by atoms with van der Waals surface area (Å²) < 4.78 is 5.65. The van der Waals surface area contributed by atoms with E-state index in [0.29, 0.717) is 6.10 Å². The highest BCUT2D eigenvalue weighted by atomic mass is 35.5. The minimum absolute atomic E-state index is 0.174. The number of hydrogen-bond acceptors (Lipinski definition) is 3. The second kappa shape index (κ2) is 6.80. The first kappa shape index (κ1) is 14.2. The molecular formula is C14H20ClNOS. The highest BCUT2D eigenvalue weighted by molar-refractivity contribution is 7.99. The highest BCUT2D eigenvalue weighted by Crippen LogP contribution is 2.29. The number of benzene rings is 1. The van der Waals surface area contributed by atoms with E-state index in [0.717, 1.165) is 23.8 Å². The molecule has 1 aliphatic heterocycles. The van der Waals surface area contributed by atoms with E-state index in [1.54, 1.807) is 0 Å². The summed E-state index contributed by atoms with van der Waals surface area (Å²) in [6.07, 6.45) is 3.66. The average molecular weight is 286 g/mol. The van der Waals surface area contributed by atoms with Crippen LogP contribution in [0.3, 0.4) is 0 Å². The zero-order valence-electron chi connectivity index (χ0n) is 10.7. The third-order valence-electron chi connectivity index (χ3n) is 3.02. The zero-order valence-corrected chi connectivity index (χ0v) is 12.3. The van der Waals surface area contributed by atoms with E-state index < -0.39 is 0 Å². The maximum Gasteiger partial charge on any atom is 0.0669 e. The summed E-state index contributed by atoms with van der Waals surface area (Å²) in [5.41, 5.74) is 7.17. The molecule has 1 saturated heterocycles. The van der Waals surface area contributed by atoms with Crippen molar-refractivity contribution in [3.05, 3.63) is 28.8 Å². The molecule has 18 heavy (non-hydrogen) atoms. The van der Waals surface area contributed by atoms with Crippen LogP contribution in [0, 0.1) is 0 Å². The number of nitrogens with two attached hydrogens (primary N) is 1. The lowest BCUT2D eigenvalue weighted by atomic mass is 10.1. The Morgan fingerprint density at radius 2 is 2.39 bits per heavy atom. The van der Waals surface area contributed by atoms with Gasteiger partial charge in [0.1, 0.15) is 0 Å². The predicted molar refractivity (Wildman–Crippen MR) is 78.5 cm³/mol. The Kier molecular flexibility index (Phi) is 5.37. The molecule has 2 unspecified atom stereocenters. The molecule has 2 N–H and O–H groups in total. The topological polar surface area (TPSA) is 35.2 Å². The van der Waals surface area contributed by atoms with Crippen molar-refractivity contribution in [2.24, 2.45) is 5.73 Å². The molecule has 2 atom stereocenters. The number of rotatable bonds is 5. The Morgan fingerprint density at radius 3 is 3.06 bits per heavy atom. The molecule has 0 aliphatic carbocycles. The minimum Gasteiger partial charge on any atom is -0.377 e. The quantitative estimate of drug-likeness (QED) is 0.841. The van der Waals surface area contributed by atoms with Gasteiger partial charge >= 0.3 is 0 Å². The molecule has 100 valence electrons. The van der Waals surface area contributed by atoms with Gasteiger partial charge in [-0.25, -0.2) is 0 Å². The summed E-state index contributed by atoms with van der Waals surface area (Å²) in [6.45, 7) is 2.94. The van der Waals surface area contributed by atoms with Crippen LogP contribution in [0.4, 0.5) is 0 Å². The van der Waals surface area contributed by atoms with Gasteiger partial charge in [0.15, 0.2) is 0 Å². The van der Waals surface area contributed by atoms with Crippen LogP contribution in [0.5, 0.6) is 0 Å². The van der Waals surface area contributed by atoms with E-state index in [1.807, 2.05) is 30.8 Å². The molecule has 0 spiro atoms. The molecule has 2 rings (SSSR count). The third-order valence-corrected chi connectivity index (χ3v) is 4.48. The number of thioether (sulfide) groups is 1. The molecule has 2 nitrogen and oxygen atoms in total. The van der Waals surface area contributed by atoms with Gasteiger partial charge in [-0.15, -0.1) is 11.8 Å². The molecule has 1 aromatic rings. The normalized spacial score (nSPS) is 21.2. The Morgan fingerprint density at radius 1 is 1.56 bits per heavy atom. The van der Waals surface area contributed by atoms with Crippen molar-refractivity contribution in [1.29, 1.82) is 0 Å². The third kappa shape index (κ3) is 4.16. The Bertz CT molecular complexity index is 391. The van der Waals surface area contributed by atoms with Crippen LogP contribution in [0.15, 0.2) is 23.1 Å². The fourth-order valence-electron chi connectivity index (χ4n) is 2.14. The number of ether oxygens (including phenoxy) is 1. The van der Waals surface area contributed by atoms with Crippen molar-refractivity contribution in [3.8, 4) is 0 Å². The molecule has 1 aliphatic rings. The SMILES string of the molecule is CC(N)Cc1ccc(Cl)cc1SCC1CCCO1. The van der Waals surface area contributed by atoms with E-state index in [-0.39, 0.29) is 6.04 Å². The van der Waals surface area contributed by atoms with Crippen LogP contribution in [-0.2, 0) is 11.2 Å². The maximum atomic E-state index is 6.07. The molecule has 4 heteroatoms. The average Bonchev–Trinajstić information content (AvgIpc) is 2.82. The van der Waals surface area contributed by atoms with Crippen molar-refractivity contribution < 1.29 is 4.74 Å². The molecule has 0 saturated carbocycles. The molecule has 0 radical (unpaired) electrons. The second-order valence-electron chi connectivity index (χ2n) is 4.88. The zero-order chi connectivity index (χ0) is 13.0. The summed E-state index contributed by atoms with van der Waals surface area (Å²) in [7, 11) is 0. The summed E-state index contributed by atoms with van der Waals surface area (Å²) in [5.74, 6) is 1.01. The largest absolute Gasteiger partial charge is 0.377 e. The van der Waals surface area contributed by atoms with Crippen LogP contribution >= 0.6 is 23.4 Å². The predicted octanol–water partition coefficient (Wildman–Crippen LogP) is 3.50. The molecule has 1 heterocycles. The van der Waals surface area contributed by atoms with Crippen LogP contribution in [0.25, 0.3) is 0 Å². The van der Waals surface area contributed by atoms with E-state index in [4.69, 9.17) is 22.1 Å². The van der Waals surface area contributed by atoms with Crippen LogP contribution in [0.2, 0.25) is 5.02 Å². The summed E-state index contributed by atoms with van der Waals surface area (Å²) in [4.78, 5) is 1.25. The first-order valence-corrected chi connectivity index (χ1v) is 7.80. The van der Waals surface area contributed by atoms with E-state index in [2.05, 4.69) is 6.07 Å². The smallest absolute Gasteiger partial charge is 0.0669 e. The van der Waals surface area contributed by atoms with Crippen LogP contribution in [-0.4, -0.2) is 24.5 Å². The molecule has 1 aromatic carbocycles. The lowest BCUT2D eigenvalue weighted by Gasteiger charge is -2.14. The van der Waals surface area contributed by atoms with Gasteiger partial charge in [-0.3, -0.25) is 0 Å². The highest BCUT2D eigenvalue weighted by Gasteiger charge is 2.16. The van der Waals surface area contributed by atoms with Gasteiger partial charge in [0.25, 0.3) is 0 Å². The number of hydrogen-bond donors (Lipinski definition) is 1. The van der Waals surface area contributed by atoms with Gasteiger partial charge < -0.3 is 10.5 Å².